The number of aromatic nitrogens is 2. The molecule has 1 saturated heterocycles. The van der Waals surface area contributed by atoms with Crippen LogP contribution in [-0.2, 0) is 4.79 Å². The maximum atomic E-state index is 13.1. The van der Waals surface area contributed by atoms with Gasteiger partial charge in [-0.05, 0) is 49.7 Å². The number of nitrogens with zero attached hydrogens (tertiary/aromatic N) is 3. The molecule has 1 fully saturated rings. The highest BCUT2D eigenvalue weighted by Crippen LogP contribution is 2.33. The van der Waals surface area contributed by atoms with Gasteiger partial charge in [0.2, 0.25) is 17.6 Å². The number of hydrogen-bond acceptors (Lipinski definition) is 4. The summed E-state index contributed by atoms with van der Waals surface area (Å²) in [4.78, 5) is 18.7. The molecule has 4 rings (SSSR count). The number of halogens is 1. The first kappa shape index (κ1) is 16.4. The van der Waals surface area contributed by atoms with Crippen molar-refractivity contribution < 1.29 is 13.7 Å². The fourth-order valence-electron chi connectivity index (χ4n) is 3.33. The zero-order valence-electron chi connectivity index (χ0n) is 14.6. The molecule has 5 nitrogen and oxygen atoms in total. The molecule has 1 amide bonds. The summed E-state index contributed by atoms with van der Waals surface area (Å²) in [5, 5.41) is 3.97. The number of carbonyl (C=O) groups excluding carboxylic acids is 1. The Hall–Kier alpha value is -3.02. The molecule has 132 valence electrons. The van der Waals surface area contributed by atoms with Crippen LogP contribution in [-0.4, -0.2) is 22.6 Å². The summed E-state index contributed by atoms with van der Waals surface area (Å²) in [5.41, 5.74) is 3.82. The molecule has 0 N–H and O–H groups in total. The maximum absolute atomic E-state index is 13.1. The predicted molar refractivity (Wildman–Crippen MR) is 95.3 cm³/mol. The number of aryl methyl sites for hydroxylation is 2. The van der Waals surface area contributed by atoms with Crippen molar-refractivity contribution in [3.63, 3.8) is 0 Å². The summed E-state index contributed by atoms with van der Waals surface area (Å²) < 4.78 is 18.4. The van der Waals surface area contributed by atoms with Gasteiger partial charge in [-0.3, -0.25) is 4.79 Å². The Balaban J connectivity index is 1.56. The summed E-state index contributed by atoms with van der Waals surface area (Å²) >= 11 is 0. The van der Waals surface area contributed by atoms with E-state index in [4.69, 9.17) is 4.52 Å². The molecule has 1 unspecified atom stereocenters. The number of benzene rings is 2. The van der Waals surface area contributed by atoms with Gasteiger partial charge in [0.05, 0.1) is 5.92 Å². The Morgan fingerprint density at radius 2 is 1.92 bits per heavy atom. The normalized spacial score (nSPS) is 17.1. The molecule has 26 heavy (non-hydrogen) atoms. The lowest BCUT2D eigenvalue weighted by atomic mass is 10.1. The number of amides is 1. The first-order chi connectivity index (χ1) is 12.5. The van der Waals surface area contributed by atoms with E-state index in [0.717, 1.165) is 16.8 Å². The van der Waals surface area contributed by atoms with Crippen molar-refractivity contribution in [3.8, 4) is 11.4 Å². The van der Waals surface area contributed by atoms with Crippen molar-refractivity contribution in [2.24, 2.45) is 0 Å². The van der Waals surface area contributed by atoms with E-state index in [1.165, 1.54) is 12.1 Å². The minimum Gasteiger partial charge on any atom is -0.339 e. The fraction of sp³-hybridized carbons (Fsp3) is 0.250. The highest BCUT2D eigenvalue weighted by Gasteiger charge is 2.35. The molecule has 1 aromatic heterocycles. The predicted octanol–water partition coefficient (Wildman–Crippen LogP) is 4.01. The summed E-state index contributed by atoms with van der Waals surface area (Å²) in [7, 11) is 0. The van der Waals surface area contributed by atoms with Gasteiger partial charge in [-0.25, -0.2) is 4.39 Å². The van der Waals surface area contributed by atoms with Crippen molar-refractivity contribution in [1.82, 2.24) is 10.1 Å². The topological polar surface area (TPSA) is 59.2 Å². The second kappa shape index (κ2) is 6.37. The van der Waals surface area contributed by atoms with Crippen molar-refractivity contribution in [1.29, 1.82) is 0 Å². The van der Waals surface area contributed by atoms with Gasteiger partial charge >= 0.3 is 0 Å². The van der Waals surface area contributed by atoms with E-state index in [1.54, 1.807) is 17.0 Å². The van der Waals surface area contributed by atoms with Gasteiger partial charge in [-0.1, -0.05) is 22.9 Å². The summed E-state index contributed by atoms with van der Waals surface area (Å²) in [5.74, 6) is 0.415. The monoisotopic (exact) mass is 351 g/mol. The summed E-state index contributed by atoms with van der Waals surface area (Å²) in [6, 6.07) is 12.0. The Kier molecular flexibility index (Phi) is 4.03. The minimum atomic E-state index is -0.317. The molecule has 6 heteroatoms. The molecule has 0 saturated carbocycles. The number of anilines is 1. The molecule has 0 radical (unpaired) electrons. The van der Waals surface area contributed by atoms with Gasteiger partial charge in [0.1, 0.15) is 5.82 Å². The van der Waals surface area contributed by atoms with Gasteiger partial charge in [-0.2, -0.15) is 4.98 Å². The first-order valence-electron chi connectivity index (χ1n) is 8.48. The Morgan fingerprint density at radius 3 is 2.65 bits per heavy atom. The number of rotatable bonds is 3. The van der Waals surface area contributed by atoms with Gasteiger partial charge in [0.25, 0.3) is 0 Å². The molecule has 1 aliphatic heterocycles. The minimum absolute atomic E-state index is 0.0449. The van der Waals surface area contributed by atoms with E-state index in [1.807, 2.05) is 26.0 Å². The molecule has 1 aliphatic rings. The van der Waals surface area contributed by atoms with E-state index in [0.29, 0.717) is 30.2 Å². The largest absolute Gasteiger partial charge is 0.339 e. The van der Waals surface area contributed by atoms with E-state index in [9.17, 15) is 9.18 Å². The van der Waals surface area contributed by atoms with Gasteiger partial charge < -0.3 is 9.42 Å². The van der Waals surface area contributed by atoms with Crippen LogP contribution in [0.2, 0.25) is 0 Å². The zero-order chi connectivity index (χ0) is 18.3. The van der Waals surface area contributed by atoms with Crippen LogP contribution in [0.25, 0.3) is 11.4 Å². The second-order valence-electron chi connectivity index (χ2n) is 6.66. The number of hydrogen-bond donors (Lipinski definition) is 0. The molecule has 0 bridgehead atoms. The lowest BCUT2D eigenvalue weighted by Crippen LogP contribution is -2.25. The van der Waals surface area contributed by atoms with Crippen molar-refractivity contribution >= 4 is 11.6 Å². The van der Waals surface area contributed by atoms with Crippen LogP contribution in [0.4, 0.5) is 10.1 Å². The van der Waals surface area contributed by atoms with Crippen LogP contribution in [0.5, 0.6) is 0 Å². The standard InChI is InChI=1S/C20H18FN3O2/c1-12-3-8-17(13(2)9-12)24-11-15(10-18(24)25)20-22-19(23-26-20)14-4-6-16(21)7-5-14/h3-9,15H,10-11H2,1-2H3. The highest BCUT2D eigenvalue weighted by molar-refractivity contribution is 5.97. The average Bonchev–Trinajstić information content (AvgIpc) is 3.23. The molecule has 2 heterocycles. The van der Waals surface area contributed by atoms with E-state index in [-0.39, 0.29) is 17.6 Å². The molecule has 1 atom stereocenters. The van der Waals surface area contributed by atoms with Gasteiger partial charge in [0.15, 0.2) is 0 Å². The summed E-state index contributed by atoms with van der Waals surface area (Å²) in [6.45, 7) is 4.54. The third kappa shape index (κ3) is 2.98. The third-order valence-electron chi connectivity index (χ3n) is 4.66. The molecule has 0 aliphatic carbocycles. The Bertz CT molecular complexity index is 965. The molecule has 0 spiro atoms. The van der Waals surface area contributed by atoms with Crippen LogP contribution < -0.4 is 4.90 Å². The van der Waals surface area contributed by atoms with Crippen LogP contribution >= 0.6 is 0 Å². The van der Waals surface area contributed by atoms with Crippen LogP contribution in [0.15, 0.2) is 47.0 Å². The SMILES string of the molecule is Cc1ccc(N2CC(c3nc(-c4ccc(F)cc4)no3)CC2=O)c(C)c1. The molecular formula is C20H18FN3O2. The van der Waals surface area contributed by atoms with Crippen molar-refractivity contribution in [3.05, 3.63) is 65.3 Å². The van der Waals surface area contributed by atoms with Crippen LogP contribution in [0.1, 0.15) is 29.4 Å². The molecular weight excluding hydrogens is 333 g/mol. The fourth-order valence-corrected chi connectivity index (χ4v) is 3.33. The zero-order valence-corrected chi connectivity index (χ0v) is 14.6. The third-order valence-corrected chi connectivity index (χ3v) is 4.66. The lowest BCUT2D eigenvalue weighted by molar-refractivity contribution is -0.117. The smallest absolute Gasteiger partial charge is 0.232 e. The van der Waals surface area contributed by atoms with E-state index < -0.39 is 0 Å². The lowest BCUT2D eigenvalue weighted by Gasteiger charge is -2.19. The molecule has 3 aromatic rings. The summed E-state index contributed by atoms with van der Waals surface area (Å²) in [6.07, 6.45) is 0.332. The maximum Gasteiger partial charge on any atom is 0.232 e. The van der Waals surface area contributed by atoms with E-state index >= 15 is 0 Å². The Morgan fingerprint density at radius 1 is 1.15 bits per heavy atom. The number of carbonyl (C=O) groups is 1. The van der Waals surface area contributed by atoms with E-state index in [2.05, 4.69) is 16.2 Å². The molecule has 2 aromatic carbocycles. The van der Waals surface area contributed by atoms with Crippen LogP contribution in [0, 0.1) is 19.7 Å². The first-order valence-corrected chi connectivity index (χ1v) is 8.48. The van der Waals surface area contributed by atoms with Crippen molar-refractivity contribution in [2.75, 3.05) is 11.4 Å². The van der Waals surface area contributed by atoms with Crippen molar-refractivity contribution in [2.45, 2.75) is 26.2 Å². The Labute approximate surface area is 150 Å². The average molecular weight is 351 g/mol. The quantitative estimate of drug-likeness (QED) is 0.715. The van der Waals surface area contributed by atoms with Gasteiger partial charge in [0, 0.05) is 24.2 Å². The van der Waals surface area contributed by atoms with Gasteiger partial charge in [-0.15, -0.1) is 0 Å². The highest BCUT2D eigenvalue weighted by atomic mass is 19.1. The second-order valence-corrected chi connectivity index (χ2v) is 6.66. The van der Waals surface area contributed by atoms with Crippen LogP contribution in [0.3, 0.4) is 0 Å².